The van der Waals surface area contributed by atoms with Crippen LogP contribution in [0.15, 0.2) is 42.5 Å². The van der Waals surface area contributed by atoms with Crippen molar-refractivity contribution in [3.05, 3.63) is 53.8 Å². The molecule has 1 atom stereocenters. The lowest BCUT2D eigenvalue weighted by Crippen LogP contribution is -2.46. The Morgan fingerprint density at radius 3 is 2.19 bits per heavy atom. The summed E-state index contributed by atoms with van der Waals surface area (Å²) in [6, 6.07) is 10.9. The van der Waals surface area contributed by atoms with E-state index in [1.165, 1.54) is 12.1 Å². The molecule has 1 aliphatic heterocycles. The second-order valence-electron chi connectivity index (χ2n) is 7.92. The first kappa shape index (κ1) is 23.5. The maximum absolute atomic E-state index is 14.0. The van der Waals surface area contributed by atoms with E-state index in [1.807, 2.05) is 6.92 Å². The molecule has 3 N–H and O–H groups in total. The number of hydrogen-bond donors (Lipinski definition) is 3. The average molecular weight is 442 g/mol. The molecule has 0 saturated carbocycles. The number of piperazine rings is 1. The van der Waals surface area contributed by atoms with Gasteiger partial charge in [0.25, 0.3) is 0 Å². The van der Waals surface area contributed by atoms with Crippen LogP contribution >= 0.6 is 0 Å². The number of amides is 3. The van der Waals surface area contributed by atoms with Crippen LogP contribution in [0.2, 0.25) is 0 Å². The highest BCUT2D eigenvalue weighted by molar-refractivity contribution is 5.92. The number of urea groups is 1. The van der Waals surface area contributed by atoms with Gasteiger partial charge in [0.1, 0.15) is 5.82 Å². The maximum atomic E-state index is 14.0. The Morgan fingerprint density at radius 2 is 1.59 bits per heavy atom. The number of nitrogens with one attached hydrogen (secondary N) is 3. The summed E-state index contributed by atoms with van der Waals surface area (Å²) in [5, 5.41) is 8.46. The minimum absolute atomic E-state index is 0.0701. The number of hydrogen-bond acceptors (Lipinski definition) is 4. The Bertz CT molecular complexity index is 926. The Hall–Kier alpha value is -3.13. The summed E-state index contributed by atoms with van der Waals surface area (Å²) in [6.45, 7) is 10.5. The van der Waals surface area contributed by atoms with E-state index in [4.69, 9.17) is 0 Å². The molecular formula is C24H32FN5O2. The van der Waals surface area contributed by atoms with Gasteiger partial charge in [0, 0.05) is 55.2 Å². The molecule has 1 unspecified atom stereocenters. The zero-order valence-electron chi connectivity index (χ0n) is 19.0. The lowest BCUT2D eigenvalue weighted by Gasteiger charge is -2.37. The van der Waals surface area contributed by atoms with Gasteiger partial charge in [-0.15, -0.1) is 0 Å². The zero-order chi connectivity index (χ0) is 23.1. The van der Waals surface area contributed by atoms with Crippen molar-refractivity contribution < 1.29 is 14.0 Å². The molecule has 2 aromatic rings. The number of rotatable bonds is 7. The highest BCUT2D eigenvalue weighted by Gasteiger charge is 2.22. The molecule has 0 radical (unpaired) electrons. The summed E-state index contributed by atoms with van der Waals surface area (Å²) < 4.78 is 14.0. The zero-order valence-corrected chi connectivity index (χ0v) is 19.0. The van der Waals surface area contributed by atoms with Gasteiger partial charge in [0.05, 0.1) is 6.04 Å². The Labute approximate surface area is 189 Å². The molecule has 8 heteroatoms. The van der Waals surface area contributed by atoms with Gasteiger partial charge in [-0.05, 0) is 55.9 Å². The molecule has 1 fully saturated rings. The smallest absolute Gasteiger partial charge is 0.319 e. The Balaban J connectivity index is 1.64. The fourth-order valence-electron chi connectivity index (χ4n) is 3.79. The highest BCUT2D eigenvalue weighted by Crippen LogP contribution is 2.28. The monoisotopic (exact) mass is 441 g/mol. The molecule has 1 saturated heterocycles. The van der Waals surface area contributed by atoms with Crippen LogP contribution in [0.5, 0.6) is 0 Å². The third-order valence-corrected chi connectivity index (χ3v) is 5.71. The van der Waals surface area contributed by atoms with E-state index in [2.05, 4.69) is 32.7 Å². The minimum atomic E-state index is -0.381. The van der Waals surface area contributed by atoms with Gasteiger partial charge in [-0.2, -0.15) is 0 Å². The molecule has 3 rings (SSSR count). The van der Waals surface area contributed by atoms with E-state index in [0.717, 1.165) is 44.0 Å². The molecule has 7 nitrogen and oxygen atoms in total. The van der Waals surface area contributed by atoms with Crippen molar-refractivity contribution in [2.24, 2.45) is 0 Å². The van der Waals surface area contributed by atoms with Crippen molar-refractivity contribution in [3.63, 3.8) is 0 Å². The lowest BCUT2D eigenvalue weighted by atomic mass is 10.0. The largest absolute Gasteiger partial charge is 0.369 e. The van der Waals surface area contributed by atoms with Crippen LogP contribution in [0, 0.1) is 5.82 Å². The van der Waals surface area contributed by atoms with Crippen LogP contribution in [0.4, 0.5) is 26.2 Å². The standard InChI is InChI=1S/C24H32FN5O2/c1-4-23(31)27-19-7-9-20(10-8-19)28-24(32)26-17(3)21-16-18(25)6-11-22(21)30-14-12-29(5-2)13-15-30/h6-11,16-17H,4-5,12-15H2,1-3H3,(H,27,31)(H2,26,28,32). The molecule has 2 aromatic carbocycles. The number of likely N-dealkylation sites (N-methyl/N-ethyl adjacent to an activating group) is 1. The highest BCUT2D eigenvalue weighted by atomic mass is 19.1. The van der Waals surface area contributed by atoms with Crippen LogP contribution in [-0.2, 0) is 4.79 Å². The van der Waals surface area contributed by atoms with Gasteiger partial charge in [-0.3, -0.25) is 4.79 Å². The first-order valence-corrected chi connectivity index (χ1v) is 11.1. The first-order valence-electron chi connectivity index (χ1n) is 11.1. The van der Waals surface area contributed by atoms with Crippen LogP contribution in [-0.4, -0.2) is 49.6 Å². The predicted molar refractivity (Wildman–Crippen MR) is 127 cm³/mol. The van der Waals surface area contributed by atoms with E-state index in [-0.39, 0.29) is 23.8 Å². The third kappa shape index (κ3) is 6.20. The summed E-state index contributed by atoms with van der Waals surface area (Å²) in [7, 11) is 0. The van der Waals surface area contributed by atoms with Crippen molar-refractivity contribution in [3.8, 4) is 0 Å². The van der Waals surface area contributed by atoms with E-state index in [0.29, 0.717) is 17.8 Å². The third-order valence-electron chi connectivity index (χ3n) is 5.71. The van der Waals surface area contributed by atoms with Crippen LogP contribution < -0.4 is 20.9 Å². The van der Waals surface area contributed by atoms with Crippen molar-refractivity contribution in [2.45, 2.75) is 33.2 Å². The maximum Gasteiger partial charge on any atom is 0.319 e. The topological polar surface area (TPSA) is 76.7 Å². The number of carbonyl (C=O) groups is 2. The van der Waals surface area contributed by atoms with Gasteiger partial charge in [0.15, 0.2) is 0 Å². The van der Waals surface area contributed by atoms with E-state index < -0.39 is 0 Å². The molecule has 0 aliphatic carbocycles. The molecule has 32 heavy (non-hydrogen) atoms. The average Bonchev–Trinajstić information content (AvgIpc) is 2.80. The second kappa shape index (κ2) is 10.9. The number of benzene rings is 2. The molecule has 3 amide bonds. The van der Waals surface area contributed by atoms with Gasteiger partial charge in [0.2, 0.25) is 5.91 Å². The fourth-order valence-corrected chi connectivity index (χ4v) is 3.79. The Morgan fingerprint density at radius 1 is 0.969 bits per heavy atom. The molecule has 1 aliphatic rings. The number of carbonyl (C=O) groups excluding carboxylic acids is 2. The number of anilines is 3. The number of halogens is 1. The van der Waals surface area contributed by atoms with E-state index in [9.17, 15) is 14.0 Å². The molecule has 0 bridgehead atoms. The van der Waals surface area contributed by atoms with Crippen molar-refractivity contribution in [1.29, 1.82) is 0 Å². The molecule has 0 aromatic heterocycles. The minimum Gasteiger partial charge on any atom is -0.369 e. The molecule has 0 spiro atoms. The molecule has 172 valence electrons. The van der Waals surface area contributed by atoms with Crippen LogP contribution in [0.25, 0.3) is 0 Å². The summed E-state index contributed by atoms with van der Waals surface area (Å²) in [5.41, 5.74) is 2.97. The van der Waals surface area contributed by atoms with Gasteiger partial charge in [-0.1, -0.05) is 13.8 Å². The SMILES string of the molecule is CCC(=O)Nc1ccc(NC(=O)NC(C)c2cc(F)ccc2N2CCN(CC)CC2)cc1. The van der Waals surface area contributed by atoms with Crippen LogP contribution in [0.1, 0.15) is 38.8 Å². The molecule has 1 heterocycles. The van der Waals surface area contributed by atoms with E-state index >= 15 is 0 Å². The normalized spacial score (nSPS) is 15.2. The fraction of sp³-hybridized carbons (Fsp3) is 0.417. The Kier molecular flexibility index (Phi) is 8.05. The van der Waals surface area contributed by atoms with Crippen molar-refractivity contribution in [1.82, 2.24) is 10.2 Å². The second-order valence-corrected chi connectivity index (χ2v) is 7.92. The summed E-state index contributed by atoms with van der Waals surface area (Å²) in [6.07, 6.45) is 0.399. The van der Waals surface area contributed by atoms with Crippen molar-refractivity contribution >= 4 is 29.0 Å². The first-order chi connectivity index (χ1) is 15.4. The van der Waals surface area contributed by atoms with Crippen LogP contribution in [0.3, 0.4) is 0 Å². The number of nitrogens with zero attached hydrogens (tertiary/aromatic N) is 2. The van der Waals surface area contributed by atoms with Crippen molar-refractivity contribution in [2.75, 3.05) is 48.3 Å². The van der Waals surface area contributed by atoms with E-state index in [1.54, 1.807) is 37.3 Å². The summed E-state index contributed by atoms with van der Waals surface area (Å²) in [5.74, 6) is -0.394. The van der Waals surface area contributed by atoms with Gasteiger partial charge < -0.3 is 25.8 Å². The predicted octanol–water partition coefficient (Wildman–Crippen LogP) is 4.20. The quantitative estimate of drug-likeness (QED) is 0.602. The summed E-state index contributed by atoms with van der Waals surface area (Å²) in [4.78, 5) is 28.7. The lowest BCUT2D eigenvalue weighted by molar-refractivity contribution is -0.115. The summed E-state index contributed by atoms with van der Waals surface area (Å²) >= 11 is 0. The van der Waals surface area contributed by atoms with Gasteiger partial charge in [-0.25, -0.2) is 9.18 Å². The van der Waals surface area contributed by atoms with Gasteiger partial charge >= 0.3 is 6.03 Å². The molecular weight excluding hydrogens is 409 g/mol.